The molecule has 1 amide bonds. The molecule has 0 unspecified atom stereocenters. The number of benzene rings is 2. The zero-order valence-electron chi connectivity index (χ0n) is 12.8. The topological polar surface area (TPSA) is 81.2 Å². The van der Waals surface area contributed by atoms with Gasteiger partial charge in [-0.3, -0.25) is 4.79 Å². The lowest BCUT2D eigenvalue weighted by Gasteiger charge is -2.01. The van der Waals surface area contributed by atoms with Gasteiger partial charge in [-0.15, -0.1) is 0 Å². The molecular weight excluding hydrogens is 326 g/mol. The Morgan fingerprint density at radius 3 is 2.92 bits per heavy atom. The molecule has 1 N–H and O–H groups in total. The molecule has 4 aromatic rings. The zero-order chi connectivity index (χ0) is 16.5. The average Bonchev–Trinajstić information content (AvgIpc) is 3.15. The molecule has 0 aliphatic carbocycles. The van der Waals surface area contributed by atoms with E-state index in [0.29, 0.717) is 22.2 Å². The number of carbonyl (C=O) groups excluding carboxylic acids is 1. The number of amides is 1. The lowest BCUT2D eigenvalue weighted by atomic mass is 10.2. The number of carbonyl (C=O) groups is 1. The molecule has 0 bridgehead atoms. The standard InChI is InChI=1S/C17H13N3O3S/c1-10(21)18-11-6-7-15-12(8-11)14(20-23-15)9-24-17-19-13-4-2-3-5-16(13)22-17/h2-8H,9H2,1H3,(H,18,21). The van der Waals surface area contributed by atoms with Crippen LogP contribution in [-0.2, 0) is 10.5 Å². The van der Waals surface area contributed by atoms with Gasteiger partial charge in [0.15, 0.2) is 11.2 Å². The number of hydrogen-bond acceptors (Lipinski definition) is 6. The van der Waals surface area contributed by atoms with Crippen LogP contribution in [0.4, 0.5) is 5.69 Å². The minimum Gasteiger partial charge on any atom is -0.431 e. The van der Waals surface area contributed by atoms with Crippen LogP contribution in [0.15, 0.2) is 56.6 Å². The third kappa shape index (κ3) is 2.85. The number of para-hydroxylation sites is 2. The van der Waals surface area contributed by atoms with Crippen LogP contribution in [0.5, 0.6) is 0 Å². The first kappa shape index (κ1) is 14.8. The van der Waals surface area contributed by atoms with Crippen LogP contribution in [0.25, 0.3) is 22.1 Å². The Morgan fingerprint density at radius 2 is 2.08 bits per heavy atom. The molecule has 2 aromatic heterocycles. The van der Waals surface area contributed by atoms with Crippen LogP contribution in [0.2, 0.25) is 0 Å². The Morgan fingerprint density at radius 1 is 1.21 bits per heavy atom. The first-order valence-corrected chi connectivity index (χ1v) is 8.32. The van der Waals surface area contributed by atoms with Crippen molar-refractivity contribution in [2.24, 2.45) is 0 Å². The number of nitrogens with zero attached hydrogens (tertiary/aromatic N) is 2. The summed E-state index contributed by atoms with van der Waals surface area (Å²) in [7, 11) is 0. The maximum atomic E-state index is 11.2. The van der Waals surface area contributed by atoms with Gasteiger partial charge in [-0.25, -0.2) is 4.98 Å². The second-order valence-electron chi connectivity index (χ2n) is 5.26. The number of nitrogens with one attached hydrogen (secondary N) is 1. The van der Waals surface area contributed by atoms with Gasteiger partial charge in [0.05, 0.1) is 0 Å². The van der Waals surface area contributed by atoms with Crippen molar-refractivity contribution in [2.75, 3.05) is 5.32 Å². The number of thioether (sulfide) groups is 1. The molecule has 24 heavy (non-hydrogen) atoms. The van der Waals surface area contributed by atoms with Gasteiger partial charge in [-0.1, -0.05) is 29.1 Å². The Hall–Kier alpha value is -2.80. The van der Waals surface area contributed by atoms with Crippen LogP contribution >= 0.6 is 11.8 Å². The Labute approximate surface area is 141 Å². The first-order chi connectivity index (χ1) is 11.7. The molecule has 120 valence electrons. The van der Waals surface area contributed by atoms with Crippen molar-refractivity contribution >= 4 is 45.4 Å². The van der Waals surface area contributed by atoms with Crippen molar-refractivity contribution in [2.45, 2.75) is 17.9 Å². The van der Waals surface area contributed by atoms with Crippen molar-refractivity contribution in [1.29, 1.82) is 0 Å². The average molecular weight is 339 g/mol. The van der Waals surface area contributed by atoms with E-state index in [4.69, 9.17) is 8.94 Å². The Bertz CT molecular complexity index is 1000. The van der Waals surface area contributed by atoms with Gasteiger partial charge < -0.3 is 14.3 Å². The van der Waals surface area contributed by atoms with E-state index in [9.17, 15) is 4.79 Å². The SMILES string of the molecule is CC(=O)Nc1ccc2onc(CSc3nc4ccccc4o3)c2c1. The Kier molecular flexibility index (Phi) is 3.70. The molecule has 0 aliphatic heterocycles. The van der Waals surface area contributed by atoms with Crippen LogP contribution in [0, 0.1) is 0 Å². The summed E-state index contributed by atoms with van der Waals surface area (Å²) < 4.78 is 11.0. The maximum absolute atomic E-state index is 11.2. The van der Waals surface area contributed by atoms with Gasteiger partial charge in [-0.05, 0) is 30.3 Å². The minimum absolute atomic E-state index is 0.117. The molecule has 0 saturated heterocycles. The quantitative estimate of drug-likeness (QED) is 0.561. The summed E-state index contributed by atoms with van der Waals surface area (Å²) in [5.74, 6) is 0.441. The highest BCUT2D eigenvalue weighted by atomic mass is 32.2. The molecule has 2 heterocycles. The lowest BCUT2D eigenvalue weighted by molar-refractivity contribution is -0.114. The van der Waals surface area contributed by atoms with Gasteiger partial charge >= 0.3 is 0 Å². The second-order valence-corrected chi connectivity index (χ2v) is 6.18. The fraction of sp³-hybridized carbons (Fsp3) is 0.118. The van der Waals surface area contributed by atoms with Gasteiger partial charge in [0.2, 0.25) is 5.91 Å². The van der Waals surface area contributed by atoms with Crippen LogP contribution < -0.4 is 5.32 Å². The highest BCUT2D eigenvalue weighted by Gasteiger charge is 2.12. The van der Waals surface area contributed by atoms with Gasteiger partial charge in [0.25, 0.3) is 5.22 Å². The number of aromatic nitrogens is 2. The minimum atomic E-state index is -0.117. The molecule has 2 aromatic carbocycles. The molecule has 0 saturated carbocycles. The predicted octanol–water partition coefficient (Wildman–Crippen LogP) is 4.22. The number of rotatable bonds is 4. The number of anilines is 1. The monoisotopic (exact) mass is 339 g/mol. The molecule has 4 rings (SSSR count). The van der Waals surface area contributed by atoms with Gasteiger partial charge in [-0.2, -0.15) is 0 Å². The summed E-state index contributed by atoms with van der Waals surface area (Å²) in [4.78, 5) is 15.6. The van der Waals surface area contributed by atoms with Gasteiger partial charge in [0, 0.05) is 23.8 Å². The summed E-state index contributed by atoms with van der Waals surface area (Å²) in [6.07, 6.45) is 0. The molecule has 0 radical (unpaired) electrons. The van der Waals surface area contributed by atoms with E-state index >= 15 is 0 Å². The third-order valence-corrected chi connectivity index (χ3v) is 4.31. The molecule has 0 atom stereocenters. The summed E-state index contributed by atoms with van der Waals surface area (Å²) in [6, 6.07) is 13.1. The number of hydrogen-bond donors (Lipinski definition) is 1. The van der Waals surface area contributed by atoms with Crippen molar-refractivity contribution < 1.29 is 13.7 Å². The summed E-state index contributed by atoms with van der Waals surface area (Å²) in [5.41, 5.74) is 3.77. The van der Waals surface area contributed by atoms with Crippen molar-refractivity contribution in [1.82, 2.24) is 10.1 Å². The van der Waals surface area contributed by atoms with E-state index in [1.165, 1.54) is 18.7 Å². The zero-order valence-corrected chi connectivity index (χ0v) is 13.6. The first-order valence-electron chi connectivity index (χ1n) is 7.33. The summed E-state index contributed by atoms with van der Waals surface area (Å²) >= 11 is 1.45. The molecule has 0 spiro atoms. The number of oxazole rings is 1. The third-order valence-electron chi connectivity index (χ3n) is 3.47. The second kappa shape index (κ2) is 6.01. The van der Waals surface area contributed by atoms with Gasteiger partial charge in [0.1, 0.15) is 11.2 Å². The van der Waals surface area contributed by atoms with E-state index in [2.05, 4.69) is 15.5 Å². The van der Waals surface area contributed by atoms with Crippen LogP contribution in [0.3, 0.4) is 0 Å². The van der Waals surface area contributed by atoms with Crippen LogP contribution in [-0.4, -0.2) is 16.0 Å². The number of fused-ring (bicyclic) bond motifs is 2. The molecule has 7 heteroatoms. The van der Waals surface area contributed by atoms with E-state index in [1.54, 1.807) is 12.1 Å². The van der Waals surface area contributed by atoms with Crippen molar-refractivity contribution in [3.8, 4) is 0 Å². The fourth-order valence-electron chi connectivity index (χ4n) is 2.42. The molecular formula is C17H13N3O3S. The molecule has 6 nitrogen and oxygen atoms in total. The van der Waals surface area contributed by atoms with E-state index < -0.39 is 0 Å². The van der Waals surface area contributed by atoms with Crippen LogP contribution in [0.1, 0.15) is 12.6 Å². The normalized spacial score (nSPS) is 11.2. The molecule has 0 fully saturated rings. The van der Waals surface area contributed by atoms with E-state index in [1.807, 2.05) is 30.3 Å². The van der Waals surface area contributed by atoms with E-state index in [-0.39, 0.29) is 5.91 Å². The van der Waals surface area contributed by atoms with Crippen molar-refractivity contribution in [3.63, 3.8) is 0 Å². The smallest absolute Gasteiger partial charge is 0.257 e. The van der Waals surface area contributed by atoms with E-state index in [0.717, 1.165) is 22.2 Å². The predicted molar refractivity (Wildman–Crippen MR) is 91.9 cm³/mol. The summed E-state index contributed by atoms with van der Waals surface area (Å²) in [6.45, 7) is 1.47. The highest BCUT2D eigenvalue weighted by Crippen LogP contribution is 2.30. The molecule has 0 aliphatic rings. The largest absolute Gasteiger partial charge is 0.431 e. The fourth-order valence-corrected chi connectivity index (χ4v) is 3.20. The maximum Gasteiger partial charge on any atom is 0.257 e. The summed E-state index contributed by atoms with van der Waals surface area (Å²) in [5, 5.41) is 8.32. The lowest BCUT2D eigenvalue weighted by Crippen LogP contribution is -2.05. The highest BCUT2D eigenvalue weighted by molar-refractivity contribution is 7.98. The Balaban J connectivity index is 1.58. The van der Waals surface area contributed by atoms with Crippen molar-refractivity contribution in [3.05, 3.63) is 48.2 Å².